The molecule has 0 aromatic rings. The zero-order chi connectivity index (χ0) is 22.5. The molecule has 32 heavy (non-hydrogen) atoms. The number of oxime groups is 1. The highest BCUT2D eigenvalue weighted by Gasteiger charge is 2.59. The standard InChI is InChI=1S/C27H40N2O3/c1-17(29-32-25(31)18-10-14-28-15-11-18)22-6-7-23-21-5-4-19-16-20(30)8-12-26(19,2)24(21)9-13-27(22,23)3/h16,18,21-24,28H,4-15H2,1-3H3/t21-,22+,23-,24-,26-,27+/m0/s1. The predicted molar refractivity (Wildman–Crippen MR) is 125 cm³/mol. The van der Waals surface area contributed by atoms with Crippen LogP contribution in [0.3, 0.4) is 0 Å². The maximum Gasteiger partial charge on any atom is 0.338 e. The van der Waals surface area contributed by atoms with Crippen LogP contribution in [-0.2, 0) is 14.4 Å². The van der Waals surface area contributed by atoms with E-state index in [0.29, 0.717) is 23.5 Å². The summed E-state index contributed by atoms with van der Waals surface area (Å²) in [6, 6.07) is 0. The summed E-state index contributed by atoms with van der Waals surface area (Å²) >= 11 is 0. The summed E-state index contributed by atoms with van der Waals surface area (Å²) in [4.78, 5) is 30.0. The van der Waals surface area contributed by atoms with Crippen LogP contribution in [0.25, 0.3) is 0 Å². The van der Waals surface area contributed by atoms with Gasteiger partial charge in [-0.25, -0.2) is 4.79 Å². The molecule has 0 amide bonds. The summed E-state index contributed by atoms with van der Waals surface area (Å²) in [5.74, 6) is 2.76. The molecule has 1 aliphatic heterocycles. The van der Waals surface area contributed by atoms with Crippen molar-refractivity contribution in [2.45, 2.75) is 85.0 Å². The number of rotatable bonds is 3. The molecule has 5 heteroatoms. The van der Waals surface area contributed by atoms with Gasteiger partial charge in [-0.3, -0.25) is 4.79 Å². The zero-order valence-corrected chi connectivity index (χ0v) is 20.1. The summed E-state index contributed by atoms with van der Waals surface area (Å²) in [7, 11) is 0. The van der Waals surface area contributed by atoms with Crippen LogP contribution >= 0.6 is 0 Å². The molecule has 176 valence electrons. The van der Waals surface area contributed by atoms with E-state index in [1.807, 2.05) is 6.08 Å². The molecule has 5 nitrogen and oxygen atoms in total. The second-order valence-corrected chi connectivity index (χ2v) is 11.8. The van der Waals surface area contributed by atoms with E-state index in [-0.39, 0.29) is 22.7 Å². The van der Waals surface area contributed by atoms with Crippen molar-refractivity contribution < 1.29 is 14.4 Å². The van der Waals surface area contributed by atoms with Gasteiger partial charge in [0.15, 0.2) is 5.78 Å². The van der Waals surface area contributed by atoms with E-state index in [1.54, 1.807) is 0 Å². The number of allylic oxidation sites excluding steroid dienone is 1. The second-order valence-electron chi connectivity index (χ2n) is 11.8. The van der Waals surface area contributed by atoms with Gasteiger partial charge in [-0.2, -0.15) is 0 Å². The van der Waals surface area contributed by atoms with Crippen LogP contribution in [0.4, 0.5) is 0 Å². The molecule has 1 saturated heterocycles. The Hall–Kier alpha value is -1.49. The van der Waals surface area contributed by atoms with Gasteiger partial charge in [-0.1, -0.05) is 24.6 Å². The van der Waals surface area contributed by atoms with Crippen molar-refractivity contribution in [3.05, 3.63) is 11.6 Å². The normalized spacial score (nSPS) is 42.5. The third-order valence-corrected chi connectivity index (χ3v) is 10.4. The molecular formula is C27H40N2O3. The number of hydrogen-bond acceptors (Lipinski definition) is 5. The summed E-state index contributed by atoms with van der Waals surface area (Å²) in [6.07, 6.45) is 12.7. The molecule has 6 atom stereocenters. The second kappa shape index (κ2) is 8.38. The van der Waals surface area contributed by atoms with Gasteiger partial charge in [-0.15, -0.1) is 0 Å². The van der Waals surface area contributed by atoms with Crippen molar-refractivity contribution in [3.63, 3.8) is 0 Å². The Bertz CT molecular complexity index is 842. The van der Waals surface area contributed by atoms with Crippen LogP contribution < -0.4 is 5.32 Å². The highest BCUT2D eigenvalue weighted by atomic mass is 16.7. The Kier molecular flexibility index (Phi) is 5.84. The lowest BCUT2D eigenvalue weighted by atomic mass is 9.46. The van der Waals surface area contributed by atoms with Crippen molar-refractivity contribution in [2.75, 3.05) is 13.1 Å². The van der Waals surface area contributed by atoms with Gasteiger partial charge in [0.2, 0.25) is 0 Å². The SMILES string of the molecule is CC(=NOC(=O)C1CCNCC1)[C@H]1CC[C@H]2[C@@H]3CCC4=CC(=O)CC[C@]4(C)[C@H]3CC[C@]12C. The number of nitrogens with zero attached hydrogens (tertiary/aromatic N) is 1. The molecular weight excluding hydrogens is 400 g/mol. The first kappa shape index (κ1) is 22.3. The molecule has 0 bridgehead atoms. The third kappa shape index (κ3) is 3.59. The van der Waals surface area contributed by atoms with Gasteiger partial charge in [0.25, 0.3) is 0 Å². The summed E-state index contributed by atoms with van der Waals surface area (Å²) in [6.45, 7) is 8.78. The van der Waals surface area contributed by atoms with Crippen molar-refractivity contribution in [1.29, 1.82) is 0 Å². The maximum atomic E-state index is 12.5. The largest absolute Gasteiger partial charge is 0.338 e. The average molecular weight is 441 g/mol. The topological polar surface area (TPSA) is 67.8 Å². The molecule has 5 aliphatic rings. The van der Waals surface area contributed by atoms with E-state index >= 15 is 0 Å². The minimum absolute atomic E-state index is 0.0113. The Morgan fingerprint density at radius 3 is 2.59 bits per heavy atom. The van der Waals surface area contributed by atoms with E-state index < -0.39 is 0 Å². The van der Waals surface area contributed by atoms with Gasteiger partial charge in [0, 0.05) is 12.3 Å². The Morgan fingerprint density at radius 2 is 1.81 bits per heavy atom. The minimum Gasteiger partial charge on any atom is -0.318 e. The first-order chi connectivity index (χ1) is 15.3. The van der Waals surface area contributed by atoms with Crippen molar-refractivity contribution in [1.82, 2.24) is 5.32 Å². The molecule has 4 aliphatic carbocycles. The number of fused-ring (bicyclic) bond motifs is 5. The first-order valence-electron chi connectivity index (χ1n) is 13.0. The molecule has 0 aromatic heterocycles. The third-order valence-electron chi connectivity index (χ3n) is 10.4. The highest BCUT2D eigenvalue weighted by molar-refractivity contribution is 5.91. The van der Waals surface area contributed by atoms with Crippen molar-refractivity contribution in [2.24, 2.45) is 45.6 Å². The molecule has 0 unspecified atom stereocenters. The summed E-state index contributed by atoms with van der Waals surface area (Å²) < 4.78 is 0. The number of nitrogens with one attached hydrogen (secondary N) is 1. The zero-order valence-electron chi connectivity index (χ0n) is 20.1. The smallest absolute Gasteiger partial charge is 0.318 e. The lowest BCUT2D eigenvalue weighted by molar-refractivity contribution is -0.149. The molecule has 1 N–H and O–H groups in total. The van der Waals surface area contributed by atoms with E-state index in [2.05, 4.69) is 31.2 Å². The minimum atomic E-state index is -0.152. The number of carbonyl (C=O) groups is 2. The Balaban J connectivity index is 1.30. The Labute approximate surface area is 192 Å². The number of ketones is 1. The van der Waals surface area contributed by atoms with Gasteiger partial charge in [-0.05, 0) is 112 Å². The number of carbonyl (C=O) groups excluding carboxylic acids is 2. The molecule has 3 saturated carbocycles. The van der Waals surface area contributed by atoms with E-state index in [4.69, 9.17) is 4.84 Å². The molecule has 0 aromatic carbocycles. The van der Waals surface area contributed by atoms with Crippen LogP contribution in [0.1, 0.15) is 85.0 Å². The molecule has 0 radical (unpaired) electrons. The van der Waals surface area contributed by atoms with Gasteiger partial charge >= 0.3 is 5.97 Å². The van der Waals surface area contributed by atoms with Gasteiger partial charge in [0.05, 0.1) is 11.6 Å². The van der Waals surface area contributed by atoms with Crippen molar-refractivity contribution >= 4 is 17.5 Å². The van der Waals surface area contributed by atoms with E-state index in [9.17, 15) is 9.59 Å². The summed E-state index contributed by atoms with van der Waals surface area (Å²) in [5, 5.41) is 7.71. The maximum absolute atomic E-state index is 12.5. The fourth-order valence-corrected chi connectivity index (χ4v) is 8.56. The van der Waals surface area contributed by atoms with Crippen LogP contribution in [0.15, 0.2) is 16.8 Å². The lowest BCUT2D eigenvalue weighted by Crippen LogP contribution is -2.51. The molecule has 1 heterocycles. The highest BCUT2D eigenvalue weighted by Crippen LogP contribution is 2.66. The first-order valence-corrected chi connectivity index (χ1v) is 13.0. The molecule has 5 rings (SSSR count). The molecule has 0 spiro atoms. The van der Waals surface area contributed by atoms with E-state index in [1.165, 1.54) is 31.3 Å². The van der Waals surface area contributed by atoms with Crippen LogP contribution in [0.2, 0.25) is 0 Å². The van der Waals surface area contributed by atoms with Gasteiger partial charge < -0.3 is 10.2 Å². The predicted octanol–water partition coefficient (Wildman–Crippen LogP) is 5.05. The van der Waals surface area contributed by atoms with Crippen LogP contribution in [-0.4, -0.2) is 30.6 Å². The molecule has 4 fully saturated rings. The van der Waals surface area contributed by atoms with Crippen molar-refractivity contribution in [3.8, 4) is 0 Å². The van der Waals surface area contributed by atoms with E-state index in [0.717, 1.165) is 63.2 Å². The number of piperidine rings is 1. The quantitative estimate of drug-likeness (QED) is 0.379. The van der Waals surface area contributed by atoms with Crippen LogP contribution in [0, 0.1) is 40.4 Å². The van der Waals surface area contributed by atoms with Gasteiger partial charge in [0.1, 0.15) is 0 Å². The fourth-order valence-electron chi connectivity index (χ4n) is 8.56. The Morgan fingerprint density at radius 1 is 1.03 bits per heavy atom. The monoisotopic (exact) mass is 440 g/mol. The fraction of sp³-hybridized carbons (Fsp3) is 0.815. The lowest BCUT2D eigenvalue weighted by Gasteiger charge is -2.58. The number of hydrogen-bond donors (Lipinski definition) is 1. The average Bonchev–Trinajstić information content (AvgIpc) is 3.15. The van der Waals surface area contributed by atoms with Crippen LogP contribution in [0.5, 0.6) is 0 Å². The summed E-state index contributed by atoms with van der Waals surface area (Å²) in [5.41, 5.74) is 2.93.